The Morgan fingerprint density at radius 1 is 1.19 bits per heavy atom. The second kappa shape index (κ2) is 6.96. The van der Waals surface area contributed by atoms with Crippen LogP contribution in [0.15, 0.2) is 24.3 Å². The minimum atomic E-state index is 0.624. The van der Waals surface area contributed by atoms with Gasteiger partial charge in [0.25, 0.3) is 0 Å². The maximum atomic E-state index is 6.05. The zero-order chi connectivity index (χ0) is 12.0. The maximum Gasteiger partial charge on any atom is 0.0255 e. The van der Waals surface area contributed by atoms with Gasteiger partial charge in [-0.3, -0.25) is 0 Å². The number of hydrogen-bond donors (Lipinski definition) is 0. The first-order valence-corrected chi connectivity index (χ1v) is 6.80. The van der Waals surface area contributed by atoms with Crippen molar-refractivity contribution in [3.63, 3.8) is 0 Å². The van der Waals surface area contributed by atoms with E-state index in [-0.39, 0.29) is 0 Å². The SMILES string of the molecule is CCC(C)CC(CCl)Cc1ccc(C)cc1. The van der Waals surface area contributed by atoms with E-state index < -0.39 is 0 Å². The fraction of sp³-hybridized carbons (Fsp3) is 0.600. The van der Waals surface area contributed by atoms with Gasteiger partial charge in [-0.1, -0.05) is 50.1 Å². The van der Waals surface area contributed by atoms with Crippen LogP contribution in [0.1, 0.15) is 37.8 Å². The second-order valence-corrected chi connectivity index (χ2v) is 5.27. The Balaban J connectivity index is 2.52. The van der Waals surface area contributed by atoms with Crippen molar-refractivity contribution < 1.29 is 0 Å². The van der Waals surface area contributed by atoms with Crippen molar-refractivity contribution in [2.45, 2.75) is 40.0 Å². The molecule has 2 unspecified atom stereocenters. The van der Waals surface area contributed by atoms with E-state index in [0.29, 0.717) is 5.92 Å². The Bertz CT molecular complexity index is 289. The second-order valence-electron chi connectivity index (χ2n) is 4.96. The summed E-state index contributed by atoms with van der Waals surface area (Å²) in [6.07, 6.45) is 3.61. The summed E-state index contributed by atoms with van der Waals surface area (Å²) in [6, 6.07) is 8.82. The zero-order valence-corrected chi connectivity index (χ0v) is 11.4. The van der Waals surface area contributed by atoms with Crippen LogP contribution in [-0.2, 0) is 6.42 Å². The number of rotatable bonds is 6. The van der Waals surface area contributed by atoms with Crippen LogP contribution < -0.4 is 0 Å². The van der Waals surface area contributed by atoms with Crippen LogP contribution in [0.5, 0.6) is 0 Å². The molecule has 0 nitrogen and oxygen atoms in total. The van der Waals surface area contributed by atoms with Crippen molar-refractivity contribution in [3.05, 3.63) is 35.4 Å². The Labute approximate surface area is 105 Å². The molecular weight excluding hydrogens is 216 g/mol. The zero-order valence-electron chi connectivity index (χ0n) is 10.7. The first-order chi connectivity index (χ1) is 7.65. The van der Waals surface area contributed by atoms with Crippen molar-refractivity contribution in [3.8, 4) is 0 Å². The number of alkyl halides is 1. The fourth-order valence-corrected chi connectivity index (χ4v) is 2.23. The fourth-order valence-electron chi connectivity index (χ4n) is 1.99. The Kier molecular flexibility index (Phi) is 5.90. The summed E-state index contributed by atoms with van der Waals surface area (Å²) in [5, 5.41) is 0. The molecule has 0 saturated heterocycles. The standard InChI is InChI=1S/C15H23Cl/c1-4-12(2)9-15(11-16)10-14-7-5-13(3)6-8-14/h5-8,12,15H,4,9-11H2,1-3H3. The molecule has 0 N–H and O–H groups in total. The van der Waals surface area contributed by atoms with Crippen molar-refractivity contribution in [2.75, 3.05) is 5.88 Å². The van der Waals surface area contributed by atoms with Gasteiger partial charge in [-0.25, -0.2) is 0 Å². The highest BCUT2D eigenvalue weighted by Gasteiger charge is 2.12. The summed E-state index contributed by atoms with van der Waals surface area (Å²) in [4.78, 5) is 0. The molecule has 1 aromatic carbocycles. The average molecular weight is 239 g/mol. The van der Waals surface area contributed by atoms with E-state index in [1.807, 2.05) is 0 Å². The molecule has 0 aliphatic carbocycles. The molecule has 0 aliphatic heterocycles. The van der Waals surface area contributed by atoms with Crippen molar-refractivity contribution in [2.24, 2.45) is 11.8 Å². The third-order valence-electron chi connectivity index (χ3n) is 3.30. The van der Waals surface area contributed by atoms with Crippen LogP contribution >= 0.6 is 11.6 Å². The van der Waals surface area contributed by atoms with Gasteiger partial charge in [-0.15, -0.1) is 11.6 Å². The molecule has 0 radical (unpaired) electrons. The largest absolute Gasteiger partial charge is 0.126 e. The van der Waals surface area contributed by atoms with Crippen LogP contribution in [0.2, 0.25) is 0 Å². The van der Waals surface area contributed by atoms with Gasteiger partial charge in [0.2, 0.25) is 0 Å². The minimum absolute atomic E-state index is 0.624. The van der Waals surface area contributed by atoms with Gasteiger partial charge < -0.3 is 0 Å². The molecule has 1 rings (SSSR count). The predicted molar refractivity (Wildman–Crippen MR) is 73.2 cm³/mol. The van der Waals surface area contributed by atoms with Crippen molar-refractivity contribution >= 4 is 11.6 Å². The molecular formula is C15H23Cl. The number of hydrogen-bond acceptors (Lipinski definition) is 0. The summed E-state index contributed by atoms with van der Waals surface area (Å²) in [5.41, 5.74) is 2.74. The van der Waals surface area contributed by atoms with Gasteiger partial charge in [0, 0.05) is 5.88 Å². The highest BCUT2D eigenvalue weighted by Crippen LogP contribution is 2.20. The number of aryl methyl sites for hydroxylation is 1. The minimum Gasteiger partial charge on any atom is -0.126 e. The summed E-state index contributed by atoms with van der Waals surface area (Å²) in [5.74, 6) is 2.19. The highest BCUT2D eigenvalue weighted by atomic mass is 35.5. The first-order valence-electron chi connectivity index (χ1n) is 6.27. The van der Waals surface area contributed by atoms with Gasteiger partial charge in [-0.05, 0) is 37.2 Å². The summed E-state index contributed by atoms with van der Waals surface area (Å²) in [7, 11) is 0. The van der Waals surface area contributed by atoms with E-state index in [0.717, 1.165) is 18.2 Å². The van der Waals surface area contributed by atoms with Gasteiger partial charge in [0.1, 0.15) is 0 Å². The van der Waals surface area contributed by atoms with E-state index in [1.165, 1.54) is 24.0 Å². The van der Waals surface area contributed by atoms with E-state index in [4.69, 9.17) is 11.6 Å². The highest BCUT2D eigenvalue weighted by molar-refractivity contribution is 6.18. The molecule has 16 heavy (non-hydrogen) atoms. The average Bonchev–Trinajstić information content (AvgIpc) is 2.30. The van der Waals surface area contributed by atoms with Crippen LogP contribution in [0, 0.1) is 18.8 Å². The lowest BCUT2D eigenvalue weighted by molar-refractivity contribution is 0.407. The molecule has 2 atom stereocenters. The topological polar surface area (TPSA) is 0 Å². The molecule has 0 amide bonds. The van der Waals surface area contributed by atoms with Crippen LogP contribution in [0.3, 0.4) is 0 Å². The lowest BCUT2D eigenvalue weighted by Gasteiger charge is -2.18. The predicted octanol–water partition coefficient (Wildman–Crippen LogP) is 4.83. The van der Waals surface area contributed by atoms with Gasteiger partial charge in [0.05, 0.1) is 0 Å². The van der Waals surface area contributed by atoms with E-state index >= 15 is 0 Å². The Morgan fingerprint density at radius 2 is 1.81 bits per heavy atom. The molecule has 0 heterocycles. The molecule has 90 valence electrons. The molecule has 0 saturated carbocycles. The molecule has 0 fully saturated rings. The first kappa shape index (κ1) is 13.6. The smallest absolute Gasteiger partial charge is 0.0255 e. The van der Waals surface area contributed by atoms with Crippen LogP contribution in [0.25, 0.3) is 0 Å². The lowest BCUT2D eigenvalue weighted by atomic mass is 9.90. The van der Waals surface area contributed by atoms with Gasteiger partial charge in [0.15, 0.2) is 0 Å². The number of halogens is 1. The maximum absolute atomic E-state index is 6.05. The quantitative estimate of drug-likeness (QED) is 0.623. The van der Waals surface area contributed by atoms with E-state index in [2.05, 4.69) is 45.0 Å². The number of benzene rings is 1. The Morgan fingerprint density at radius 3 is 2.31 bits per heavy atom. The molecule has 1 aromatic rings. The lowest BCUT2D eigenvalue weighted by Crippen LogP contribution is -2.11. The monoisotopic (exact) mass is 238 g/mol. The van der Waals surface area contributed by atoms with Gasteiger partial charge in [-0.2, -0.15) is 0 Å². The summed E-state index contributed by atoms with van der Waals surface area (Å²) in [6.45, 7) is 6.69. The summed E-state index contributed by atoms with van der Waals surface area (Å²) >= 11 is 6.05. The Hall–Kier alpha value is -0.490. The third kappa shape index (κ3) is 4.57. The van der Waals surface area contributed by atoms with Crippen LogP contribution in [0.4, 0.5) is 0 Å². The summed E-state index contributed by atoms with van der Waals surface area (Å²) < 4.78 is 0. The molecule has 0 aliphatic rings. The molecule has 0 aromatic heterocycles. The van der Waals surface area contributed by atoms with Crippen molar-refractivity contribution in [1.29, 1.82) is 0 Å². The molecule has 0 bridgehead atoms. The normalized spacial score (nSPS) is 14.8. The van der Waals surface area contributed by atoms with Gasteiger partial charge >= 0.3 is 0 Å². The van der Waals surface area contributed by atoms with E-state index in [1.54, 1.807) is 0 Å². The molecule has 1 heteroatoms. The third-order valence-corrected chi connectivity index (χ3v) is 3.73. The molecule has 0 spiro atoms. The van der Waals surface area contributed by atoms with E-state index in [9.17, 15) is 0 Å². The van der Waals surface area contributed by atoms with Crippen molar-refractivity contribution in [1.82, 2.24) is 0 Å². The van der Waals surface area contributed by atoms with Crippen LogP contribution in [-0.4, -0.2) is 5.88 Å².